The molecule has 7 heteroatoms. The maximum atomic E-state index is 13.6. The van der Waals surface area contributed by atoms with Crippen LogP contribution in [0.2, 0.25) is 0 Å². The second-order valence-electron chi connectivity index (χ2n) is 5.93. The predicted molar refractivity (Wildman–Crippen MR) is 96.1 cm³/mol. The molecule has 0 saturated heterocycles. The van der Waals surface area contributed by atoms with Crippen molar-refractivity contribution in [1.29, 1.82) is 0 Å². The summed E-state index contributed by atoms with van der Waals surface area (Å²) in [5.74, 6) is -0.0954. The van der Waals surface area contributed by atoms with Gasteiger partial charge in [0.05, 0.1) is 0 Å². The number of rotatable bonds is 5. The Morgan fingerprint density at radius 2 is 1.85 bits per heavy atom. The van der Waals surface area contributed by atoms with Gasteiger partial charge in [0, 0.05) is 35.1 Å². The van der Waals surface area contributed by atoms with E-state index in [-0.39, 0.29) is 17.5 Å². The van der Waals surface area contributed by atoms with Crippen LogP contribution in [0.3, 0.4) is 0 Å². The SMILES string of the molecule is Cc1nc(-c2ccc(NCCc3c(F)cccc3F)nc2)[nH]c(=O)c1C. The van der Waals surface area contributed by atoms with E-state index >= 15 is 0 Å². The topological polar surface area (TPSA) is 70.7 Å². The number of H-pyrrole nitrogens is 1. The fourth-order valence-electron chi connectivity index (χ4n) is 2.51. The van der Waals surface area contributed by atoms with Gasteiger partial charge in [0.15, 0.2) is 0 Å². The maximum absolute atomic E-state index is 13.6. The van der Waals surface area contributed by atoms with Gasteiger partial charge >= 0.3 is 0 Å². The van der Waals surface area contributed by atoms with Crippen LogP contribution >= 0.6 is 0 Å². The lowest BCUT2D eigenvalue weighted by atomic mass is 10.1. The van der Waals surface area contributed by atoms with Gasteiger partial charge in [0.1, 0.15) is 23.3 Å². The maximum Gasteiger partial charge on any atom is 0.254 e. The van der Waals surface area contributed by atoms with Crippen molar-refractivity contribution >= 4 is 5.82 Å². The number of benzene rings is 1. The highest BCUT2D eigenvalue weighted by Gasteiger charge is 2.09. The van der Waals surface area contributed by atoms with Crippen molar-refractivity contribution in [2.75, 3.05) is 11.9 Å². The highest BCUT2D eigenvalue weighted by molar-refractivity contribution is 5.56. The number of aromatic nitrogens is 3. The summed E-state index contributed by atoms with van der Waals surface area (Å²) < 4.78 is 27.2. The zero-order chi connectivity index (χ0) is 18.7. The van der Waals surface area contributed by atoms with E-state index in [0.717, 1.165) is 0 Å². The number of nitrogens with one attached hydrogen (secondary N) is 2. The Bertz CT molecular complexity index is 964. The van der Waals surface area contributed by atoms with Crippen LogP contribution in [0.5, 0.6) is 0 Å². The Kier molecular flexibility index (Phi) is 5.06. The molecular weight excluding hydrogens is 338 g/mol. The molecule has 5 nitrogen and oxygen atoms in total. The molecule has 0 aliphatic heterocycles. The van der Waals surface area contributed by atoms with Gasteiger partial charge in [-0.15, -0.1) is 0 Å². The molecule has 2 aromatic heterocycles. The van der Waals surface area contributed by atoms with Gasteiger partial charge in [0.25, 0.3) is 5.56 Å². The van der Waals surface area contributed by atoms with Gasteiger partial charge < -0.3 is 10.3 Å². The molecule has 3 rings (SSSR count). The van der Waals surface area contributed by atoms with Gasteiger partial charge in [-0.2, -0.15) is 0 Å². The number of nitrogens with zero attached hydrogens (tertiary/aromatic N) is 2. The fraction of sp³-hybridized carbons (Fsp3) is 0.211. The molecule has 134 valence electrons. The average Bonchev–Trinajstić information content (AvgIpc) is 2.62. The Morgan fingerprint density at radius 1 is 1.12 bits per heavy atom. The van der Waals surface area contributed by atoms with Crippen LogP contribution in [0.4, 0.5) is 14.6 Å². The van der Waals surface area contributed by atoms with Crippen LogP contribution in [-0.4, -0.2) is 21.5 Å². The van der Waals surface area contributed by atoms with E-state index in [1.54, 1.807) is 32.2 Å². The van der Waals surface area contributed by atoms with E-state index in [4.69, 9.17) is 0 Å². The van der Waals surface area contributed by atoms with Crippen molar-refractivity contribution in [3.05, 3.63) is 75.3 Å². The molecule has 2 N–H and O–H groups in total. The van der Waals surface area contributed by atoms with Crippen molar-refractivity contribution in [2.24, 2.45) is 0 Å². The van der Waals surface area contributed by atoms with E-state index in [1.807, 2.05) is 0 Å². The van der Waals surface area contributed by atoms with Crippen molar-refractivity contribution in [3.8, 4) is 11.4 Å². The van der Waals surface area contributed by atoms with E-state index in [2.05, 4.69) is 20.3 Å². The van der Waals surface area contributed by atoms with E-state index in [1.165, 1.54) is 18.2 Å². The minimum atomic E-state index is -0.556. The summed E-state index contributed by atoms with van der Waals surface area (Å²) in [6, 6.07) is 7.31. The van der Waals surface area contributed by atoms with Crippen LogP contribution in [0.15, 0.2) is 41.3 Å². The second-order valence-corrected chi connectivity index (χ2v) is 5.93. The largest absolute Gasteiger partial charge is 0.370 e. The molecule has 0 spiro atoms. The zero-order valence-corrected chi connectivity index (χ0v) is 14.4. The summed E-state index contributed by atoms with van der Waals surface area (Å²) in [7, 11) is 0. The molecule has 1 aromatic carbocycles. The molecule has 2 heterocycles. The third-order valence-electron chi connectivity index (χ3n) is 4.17. The summed E-state index contributed by atoms with van der Waals surface area (Å²) in [6.07, 6.45) is 1.78. The minimum absolute atomic E-state index is 0.0496. The molecule has 0 bridgehead atoms. The summed E-state index contributed by atoms with van der Waals surface area (Å²) in [4.78, 5) is 23.2. The summed E-state index contributed by atoms with van der Waals surface area (Å²) in [5, 5.41) is 3.02. The van der Waals surface area contributed by atoms with Crippen LogP contribution in [0, 0.1) is 25.5 Å². The average molecular weight is 356 g/mol. The van der Waals surface area contributed by atoms with Crippen molar-refractivity contribution in [3.63, 3.8) is 0 Å². The Morgan fingerprint density at radius 3 is 2.46 bits per heavy atom. The first kappa shape index (κ1) is 17.7. The molecule has 26 heavy (non-hydrogen) atoms. The van der Waals surface area contributed by atoms with E-state index in [0.29, 0.717) is 35.0 Å². The monoisotopic (exact) mass is 356 g/mol. The van der Waals surface area contributed by atoms with Crippen molar-refractivity contribution in [1.82, 2.24) is 15.0 Å². The molecule has 0 unspecified atom stereocenters. The van der Waals surface area contributed by atoms with Crippen molar-refractivity contribution in [2.45, 2.75) is 20.3 Å². The number of hydrogen-bond acceptors (Lipinski definition) is 4. The molecular formula is C19H18F2N4O. The first-order valence-corrected chi connectivity index (χ1v) is 8.16. The molecule has 3 aromatic rings. The first-order valence-electron chi connectivity index (χ1n) is 8.16. The number of pyridine rings is 1. The summed E-state index contributed by atoms with van der Waals surface area (Å²) >= 11 is 0. The molecule has 0 aliphatic rings. The zero-order valence-electron chi connectivity index (χ0n) is 14.4. The summed E-state index contributed by atoms with van der Waals surface area (Å²) in [5.41, 5.74) is 1.80. The Labute approximate surface area is 149 Å². The second kappa shape index (κ2) is 7.43. The molecule has 0 amide bonds. The molecule has 0 saturated carbocycles. The first-order chi connectivity index (χ1) is 12.5. The Hall–Kier alpha value is -3.09. The number of anilines is 1. The lowest BCUT2D eigenvalue weighted by Crippen LogP contribution is -2.14. The molecule has 0 fully saturated rings. The number of aryl methyl sites for hydroxylation is 1. The lowest BCUT2D eigenvalue weighted by Gasteiger charge is -2.08. The smallest absolute Gasteiger partial charge is 0.254 e. The predicted octanol–water partition coefficient (Wildman–Crippen LogP) is 3.38. The normalized spacial score (nSPS) is 10.8. The number of hydrogen-bond donors (Lipinski definition) is 2. The lowest BCUT2D eigenvalue weighted by molar-refractivity contribution is 0.557. The number of halogens is 2. The van der Waals surface area contributed by atoms with Gasteiger partial charge in [0.2, 0.25) is 0 Å². The van der Waals surface area contributed by atoms with Crippen LogP contribution in [0.1, 0.15) is 16.8 Å². The van der Waals surface area contributed by atoms with Gasteiger partial charge in [-0.25, -0.2) is 18.7 Å². The van der Waals surface area contributed by atoms with Gasteiger partial charge in [-0.1, -0.05) is 6.07 Å². The van der Waals surface area contributed by atoms with Crippen LogP contribution < -0.4 is 10.9 Å². The molecule has 0 radical (unpaired) electrons. The Balaban J connectivity index is 1.68. The van der Waals surface area contributed by atoms with Gasteiger partial charge in [-0.3, -0.25) is 4.79 Å². The fourth-order valence-corrected chi connectivity index (χ4v) is 2.51. The third kappa shape index (κ3) is 3.77. The minimum Gasteiger partial charge on any atom is -0.370 e. The van der Waals surface area contributed by atoms with Gasteiger partial charge in [-0.05, 0) is 44.5 Å². The highest BCUT2D eigenvalue weighted by atomic mass is 19.1. The molecule has 0 atom stereocenters. The number of aromatic amines is 1. The van der Waals surface area contributed by atoms with Crippen LogP contribution in [0.25, 0.3) is 11.4 Å². The van der Waals surface area contributed by atoms with Crippen LogP contribution in [-0.2, 0) is 6.42 Å². The van der Waals surface area contributed by atoms with Crippen molar-refractivity contribution < 1.29 is 8.78 Å². The summed E-state index contributed by atoms with van der Waals surface area (Å²) in [6.45, 7) is 3.83. The molecule has 0 aliphatic carbocycles. The van der Waals surface area contributed by atoms with E-state index < -0.39 is 11.6 Å². The standard InChI is InChI=1S/C19H18F2N4O/c1-11-12(2)24-18(25-19(11)26)13-6-7-17(23-10-13)22-9-8-14-15(20)4-3-5-16(14)21/h3-7,10H,8-9H2,1-2H3,(H,22,23)(H,24,25,26). The van der Waals surface area contributed by atoms with E-state index in [9.17, 15) is 13.6 Å². The quantitative estimate of drug-likeness (QED) is 0.735. The highest BCUT2D eigenvalue weighted by Crippen LogP contribution is 2.16. The third-order valence-corrected chi connectivity index (χ3v) is 4.17.